The Bertz CT molecular complexity index is 1750. The first-order valence-corrected chi connectivity index (χ1v) is 16.2. The molecule has 46 heavy (non-hydrogen) atoms. The van der Waals surface area contributed by atoms with E-state index in [2.05, 4.69) is 11.8 Å². The number of carboxylic acid groups (broad SMARTS) is 1. The van der Waals surface area contributed by atoms with Crippen LogP contribution in [0.25, 0.3) is 27.9 Å². The van der Waals surface area contributed by atoms with Crippen molar-refractivity contribution in [3.8, 4) is 28.1 Å². The van der Waals surface area contributed by atoms with Gasteiger partial charge in [0.25, 0.3) is 0 Å². The Labute approximate surface area is 270 Å². The van der Waals surface area contributed by atoms with Crippen LogP contribution in [0.4, 0.5) is 10.1 Å². The van der Waals surface area contributed by atoms with E-state index in [0.29, 0.717) is 36.6 Å². The summed E-state index contributed by atoms with van der Waals surface area (Å²) in [6.07, 6.45) is 3.84. The fraction of sp³-hybridized carbons (Fsp3) is 0.459. The number of benzene rings is 2. The highest BCUT2D eigenvalue weighted by molar-refractivity contribution is 5.87. The molecule has 9 heteroatoms. The minimum atomic E-state index is -1.17. The zero-order chi connectivity index (χ0) is 32.8. The minimum Gasteiger partial charge on any atom is -0.490 e. The zero-order valence-electron chi connectivity index (χ0n) is 27.6. The number of fused-ring (bicyclic) bond motifs is 7. The molecule has 5 heterocycles. The van der Waals surface area contributed by atoms with Gasteiger partial charge < -0.3 is 24.2 Å². The zero-order valence-corrected chi connectivity index (χ0v) is 27.6. The van der Waals surface area contributed by atoms with E-state index in [9.17, 15) is 14.3 Å². The average molecular weight is 630 g/mol. The molecule has 0 saturated carbocycles. The molecule has 6 bridgehead atoms. The van der Waals surface area contributed by atoms with E-state index in [1.54, 1.807) is 6.07 Å². The molecular formula is C37H44FN3O5. The summed E-state index contributed by atoms with van der Waals surface area (Å²) >= 11 is 0. The number of carboxylic acids is 1. The Balaban J connectivity index is 1.55. The van der Waals surface area contributed by atoms with E-state index in [0.717, 1.165) is 59.3 Å². The number of piperidine rings is 1. The number of nitrogens with zero attached hydrogens (tertiary/aromatic N) is 3. The smallest absolute Gasteiger partial charge is 0.337 e. The van der Waals surface area contributed by atoms with E-state index in [1.165, 1.54) is 12.1 Å². The second-order valence-electron chi connectivity index (χ2n) is 14.0. The van der Waals surface area contributed by atoms with Crippen LogP contribution < -0.4 is 9.64 Å². The van der Waals surface area contributed by atoms with Crippen molar-refractivity contribution < 1.29 is 28.5 Å². The van der Waals surface area contributed by atoms with Crippen LogP contribution in [0.5, 0.6) is 5.75 Å². The Morgan fingerprint density at radius 1 is 1.13 bits per heavy atom. The van der Waals surface area contributed by atoms with Crippen molar-refractivity contribution in [3.63, 3.8) is 0 Å². The van der Waals surface area contributed by atoms with Crippen LogP contribution in [-0.4, -0.2) is 57.7 Å². The molecule has 2 aromatic carbocycles. The average Bonchev–Trinajstić information content (AvgIpc) is 3.42. The van der Waals surface area contributed by atoms with Gasteiger partial charge in [-0.3, -0.25) is 0 Å². The van der Waals surface area contributed by atoms with Gasteiger partial charge in [-0.2, -0.15) is 5.10 Å². The quantitative estimate of drug-likeness (QED) is 0.246. The predicted molar refractivity (Wildman–Crippen MR) is 177 cm³/mol. The SMILES string of the molecule is Cc1cn2nc3cc2c(c1[C@H](OC(C)(C)C)C(=O)O)N1CCC(C)(CC1)OCCC[C@H](C)Oc1ccc(F)cc1-c1cccc-3c1. The number of ether oxygens (including phenoxy) is 3. The van der Waals surface area contributed by atoms with Crippen LogP contribution in [0.2, 0.25) is 0 Å². The fourth-order valence-corrected chi connectivity index (χ4v) is 6.63. The molecule has 2 aromatic heterocycles. The van der Waals surface area contributed by atoms with Crippen molar-refractivity contribution in [3.05, 3.63) is 71.7 Å². The highest BCUT2D eigenvalue weighted by atomic mass is 19.1. The lowest BCUT2D eigenvalue weighted by Crippen LogP contribution is -2.45. The molecule has 2 atom stereocenters. The third-order valence-corrected chi connectivity index (χ3v) is 9.01. The van der Waals surface area contributed by atoms with E-state index in [-0.39, 0.29) is 17.5 Å². The Morgan fingerprint density at radius 2 is 1.87 bits per heavy atom. The summed E-state index contributed by atoms with van der Waals surface area (Å²) in [5.41, 5.74) is 5.13. The number of rotatable bonds is 3. The number of pyridine rings is 1. The van der Waals surface area contributed by atoms with Gasteiger partial charge in [-0.05, 0) is 109 Å². The number of halogens is 1. The molecule has 4 aromatic rings. The molecule has 8 nitrogen and oxygen atoms in total. The maximum Gasteiger partial charge on any atom is 0.337 e. The molecule has 244 valence electrons. The van der Waals surface area contributed by atoms with Crippen molar-refractivity contribution in [1.29, 1.82) is 0 Å². The Kier molecular flexibility index (Phi) is 8.59. The van der Waals surface area contributed by atoms with Gasteiger partial charge in [-0.1, -0.05) is 18.2 Å². The predicted octanol–water partition coefficient (Wildman–Crippen LogP) is 7.99. The van der Waals surface area contributed by atoms with Gasteiger partial charge in [0, 0.05) is 42.6 Å². The van der Waals surface area contributed by atoms with E-state index >= 15 is 0 Å². The molecule has 1 fully saturated rings. The second kappa shape index (κ2) is 12.3. The molecule has 1 saturated heterocycles. The Hall–Kier alpha value is -3.95. The highest BCUT2D eigenvalue weighted by Gasteiger charge is 2.37. The summed E-state index contributed by atoms with van der Waals surface area (Å²) in [7, 11) is 0. The van der Waals surface area contributed by atoms with Gasteiger partial charge in [-0.25, -0.2) is 13.7 Å². The Morgan fingerprint density at radius 3 is 2.59 bits per heavy atom. The van der Waals surface area contributed by atoms with Crippen molar-refractivity contribution in [2.24, 2.45) is 0 Å². The topological polar surface area (TPSA) is 85.5 Å². The normalized spacial score (nSPS) is 21.3. The summed E-state index contributed by atoms with van der Waals surface area (Å²) in [6.45, 7) is 13.7. The standard InChI is InChI=1S/C37H44FN3O5/c1-23-22-41-30-21-29(39-41)26-11-7-10-25(19-26)28-20-27(38)12-13-31(28)45-24(2)9-8-18-44-37(6)14-16-40(17-15-37)33(30)32(23)34(35(42)43)46-36(3,4)5/h7,10-13,19-22,24,34H,8-9,14-18H2,1-6H3,(H,42,43)/t24-,34-/m0/s1. The van der Waals surface area contributed by atoms with Crippen molar-refractivity contribution in [2.75, 3.05) is 24.6 Å². The van der Waals surface area contributed by atoms with Gasteiger partial charge in [0.05, 0.1) is 34.2 Å². The lowest BCUT2D eigenvalue weighted by atomic mass is 9.91. The third kappa shape index (κ3) is 6.62. The van der Waals surface area contributed by atoms with Gasteiger partial charge in [0.1, 0.15) is 11.6 Å². The first-order valence-electron chi connectivity index (χ1n) is 16.2. The molecule has 0 amide bonds. The van der Waals surface area contributed by atoms with Gasteiger partial charge in [0.15, 0.2) is 6.10 Å². The lowest BCUT2D eigenvalue weighted by molar-refractivity contribution is -0.160. The van der Waals surface area contributed by atoms with Gasteiger partial charge in [0.2, 0.25) is 0 Å². The largest absolute Gasteiger partial charge is 0.490 e. The van der Waals surface area contributed by atoms with Crippen LogP contribution in [0, 0.1) is 12.7 Å². The van der Waals surface area contributed by atoms with Crippen molar-refractivity contribution in [1.82, 2.24) is 9.61 Å². The first kappa shape index (κ1) is 32.0. The van der Waals surface area contributed by atoms with Crippen molar-refractivity contribution >= 4 is 17.2 Å². The molecule has 7 rings (SSSR count). The number of aromatic nitrogens is 2. The second-order valence-corrected chi connectivity index (χ2v) is 14.0. The number of aliphatic carboxylic acids is 1. The number of aryl methyl sites for hydroxylation is 1. The highest BCUT2D eigenvalue weighted by Crippen LogP contribution is 2.42. The number of hydrogen-bond acceptors (Lipinski definition) is 6. The number of anilines is 1. The maximum absolute atomic E-state index is 14.6. The molecule has 3 aliphatic rings. The number of hydrogen-bond donors (Lipinski definition) is 1. The van der Waals surface area contributed by atoms with Crippen LogP contribution in [0.3, 0.4) is 0 Å². The molecule has 0 spiro atoms. The van der Waals surface area contributed by atoms with Gasteiger partial charge in [-0.15, -0.1) is 0 Å². The van der Waals surface area contributed by atoms with Gasteiger partial charge >= 0.3 is 5.97 Å². The monoisotopic (exact) mass is 629 g/mol. The number of carbonyl (C=O) groups is 1. The van der Waals surface area contributed by atoms with E-state index in [1.807, 2.05) is 75.7 Å². The molecule has 1 N–H and O–H groups in total. The molecule has 0 unspecified atom stereocenters. The lowest BCUT2D eigenvalue weighted by Gasteiger charge is -2.42. The van der Waals surface area contributed by atoms with E-state index < -0.39 is 17.7 Å². The summed E-state index contributed by atoms with van der Waals surface area (Å²) in [4.78, 5) is 15.1. The molecule has 0 aliphatic carbocycles. The summed E-state index contributed by atoms with van der Waals surface area (Å²) in [5.74, 6) is -0.746. The maximum atomic E-state index is 14.6. The van der Waals surface area contributed by atoms with Crippen LogP contribution in [0.1, 0.15) is 77.5 Å². The summed E-state index contributed by atoms with van der Waals surface area (Å²) < 4.78 is 35.5. The molecule has 3 aliphatic heterocycles. The summed E-state index contributed by atoms with van der Waals surface area (Å²) in [6, 6.07) is 14.5. The minimum absolute atomic E-state index is 0.0810. The molecular weight excluding hydrogens is 585 g/mol. The third-order valence-electron chi connectivity index (χ3n) is 9.01. The molecule has 0 radical (unpaired) electrons. The van der Waals surface area contributed by atoms with Crippen molar-refractivity contribution in [2.45, 2.75) is 90.6 Å². The van der Waals surface area contributed by atoms with Crippen LogP contribution in [0.15, 0.2) is 54.7 Å². The fourth-order valence-electron chi connectivity index (χ4n) is 6.63. The summed E-state index contributed by atoms with van der Waals surface area (Å²) in [5, 5.41) is 15.5. The first-order chi connectivity index (χ1) is 21.8. The van der Waals surface area contributed by atoms with Crippen LogP contribution >= 0.6 is 0 Å². The van der Waals surface area contributed by atoms with Crippen LogP contribution in [-0.2, 0) is 14.3 Å². The van der Waals surface area contributed by atoms with E-state index in [4.69, 9.17) is 19.3 Å².